The molecule has 1 saturated heterocycles. The van der Waals surface area contributed by atoms with Crippen molar-refractivity contribution in [1.82, 2.24) is 4.90 Å². The predicted molar refractivity (Wildman–Crippen MR) is 66.1 cm³/mol. The molecule has 2 heteroatoms. The second-order valence-electron chi connectivity index (χ2n) is 5.48. The number of hydrogen-bond donors (Lipinski definition) is 1. The number of hydrogen-bond acceptors (Lipinski definition) is 2. The highest BCUT2D eigenvalue weighted by Crippen LogP contribution is 2.52. The Morgan fingerprint density at radius 3 is 2.62 bits per heavy atom. The van der Waals surface area contributed by atoms with E-state index in [1.807, 2.05) is 0 Å². The van der Waals surface area contributed by atoms with Gasteiger partial charge in [0.25, 0.3) is 0 Å². The lowest BCUT2D eigenvalue weighted by Gasteiger charge is -2.24. The molecule has 2 N–H and O–H groups in total. The van der Waals surface area contributed by atoms with Gasteiger partial charge in [-0.25, -0.2) is 0 Å². The van der Waals surface area contributed by atoms with E-state index in [2.05, 4.69) is 42.2 Å². The summed E-state index contributed by atoms with van der Waals surface area (Å²) in [6, 6.07) is 11.8. The Hall–Kier alpha value is -0.860. The van der Waals surface area contributed by atoms with Crippen molar-refractivity contribution in [1.29, 1.82) is 0 Å². The van der Waals surface area contributed by atoms with E-state index in [0.29, 0.717) is 17.5 Å². The van der Waals surface area contributed by atoms with Gasteiger partial charge >= 0.3 is 0 Å². The highest BCUT2D eigenvalue weighted by Gasteiger charge is 2.55. The normalized spacial score (nSPS) is 35.5. The highest BCUT2D eigenvalue weighted by molar-refractivity contribution is 5.20. The number of nitrogens with two attached hydrogens (primary N) is 1. The summed E-state index contributed by atoms with van der Waals surface area (Å²) in [5.41, 5.74) is 7.95. The zero-order chi connectivity index (χ0) is 11.2. The maximum absolute atomic E-state index is 6.04. The van der Waals surface area contributed by atoms with Crippen molar-refractivity contribution in [2.75, 3.05) is 13.1 Å². The maximum atomic E-state index is 6.04. The van der Waals surface area contributed by atoms with Crippen LogP contribution in [-0.2, 0) is 0 Å². The first kappa shape index (κ1) is 10.3. The molecule has 2 fully saturated rings. The molecule has 1 unspecified atom stereocenters. The molecular weight excluding hydrogens is 196 g/mol. The van der Waals surface area contributed by atoms with Crippen molar-refractivity contribution < 1.29 is 0 Å². The number of nitrogens with zero attached hydrogens (tertiary/aromatic N) is 1. The minimum atomic E-state index is 0.473. The number of likely N-dealkylation sites (tertiary alicyclic amines) is 1. The molecule has 0 amide bonds. The molecule has 16 heavy (non-hydrogen) atoms. The van der Waals surface area contributed by atoms with Crippen LogP contribution < -0.4 is 5.73 Å². The fourth-order valence-corrected chi connectivity index (χ4v) is 3.05. The van der Waals surface area contributed by atoms with Crippen molar-refractivity contribution >= 4 is 0 Å². The van der Waals surface area contributed by atoms with Crippen LogP contribution in [0.2, 0.25) is 0 Å². The van der Waals surface area contributed by atoms with Crippen molar-refractivity contribution in [3.63, 3.8) is 0 Å². The molecule has 1 heterocycles. The summed E-state index contributed by atoms with van der Waals surface area (Å²) in [5.74, 6) is 0. The first-order chi connectivity index (χ1) is 7.71. The Morgan fingerprint density at radius 1 is 1.38 bits per heavy atom. The lowest BCUT2D eigenvalue weighted by atomic mass is 10.1. The summed E-state index contributed by atoms with van der Waals surface area (Å²) in [5, 5.41) is 0. The third kappa shape index (κ3) is 1.57. The summed E-state index contributed by atoms with van der Waals surface area (Å²) in [7, 11) is 0. The Bertz CT molecular complexity index is 376. The molecule has 2 aliphatic rings. The molecule has 1 saturated carbocycles. The average molecular weight is 216 g/mol. The van der Waals surface area contributed by atoms with E-state index >= 15 is 0 Å². The maximum Gasteiger partial charge on any atom is 0.0320 e. The molecule has 1 aromatic carbocycles. The summed E-state index contributed by atoms with van der Waals surface area (Å²) in [6.07, 6.45) is 2.54. The topological polar surface area (TPSA) is 29.3 Å². The Labute approximate surface area is 97.4 Å². The quantitative estimate of drug-likeness (QED) is 0.821. The second kappa shape index (κ2) is 3.57. The average Bonchev–Trinajstić information content (AvgIpc) is 2.76. The molecule has 3 rings (SSSR count). The number of rotatable bonds is 2. The van der Waals surface area contributed by atoms with Crippen molar-refractivity contribution in [2.45, 2.75) is 31.8 Å². The smallest absolute Gasteiger partial charge is 0.0320 e. The minimum Gasteiger partial charge on any atom is -0.327 e. The van der Waals surface area contributed by atoms with Crippen LogP contribution in [0, 0.1) is 5.41 Å². The van der Waals surface area contributed by atoms with Crippen LogP contribution >= 0.6 is 0 Å². The fourth-order valence-electron chi connectivity index (χ4n) is 3.05. The zero-order valence-corrected chi connectivity index (χ0v) is 9.89. The molecule has 1 aliphatic heterocycles. The van der Waals surface area contributed by atoms with Gasteiger partial charge in [0.2, 0.25) is 0 Å². The van der Waals surface area contributed by atoms with Crippen LogP contribution in [0.3, 0.4) is 0 Å². The Balaban J connectivity index is 1.71. The van der Waals surface area contributed by atoms with E-state index in [1.54, 1.807) is 0 Å². The summed E-state index contributed by atoms with van der Waals surface area (Å²) < 4.78 is 0. The van der Waals surface area contributed by atoms with Crippen LogP contribution in [-0.4, -0.2) is 24.0 Å². The molecule has 86 valence electrons. The first-order valence-corrected chi connectivity index (χ1v) is 6.26. The highest BCUT2D eigenvalue weighted by atomic mass is 15.2. The van der Waals surface area contributed by atoms with E-state index in [0.717, 1.165) is 0 Å². The Morgan fingerprint density at radius 2 is 2.06 bits per heavy atom. The fraction of sp³-hybridized carbons (Fsp3) is 0.571. The van der Waals surface area contributed by atoms with Crippen molar-refractivity contribution in [3.05, 3.63) is 35.9 Å². The SMILES string of the molecule is C[C@H](c1ccccc1)N1CCC2(C[C@@H]2N)C1. The minimum absolute atomic E-state index is 0.473. The molecule has 0 aromatic heterocycles. The van der Waals surface area contributed by atoms with E-state index in [9.17, 15) is 0 Å². The van der Waals surface area contributed by atoms with Crippen LogP contribution in [0.4, 0.5) is 0 Å². The molecule has 0 radical (unpaired) electrons. The van der Waals surface area contributed by atoms with Gasteiger partial charge in [0.1, 0.15) is 0 Å². The lowest BCUT2D eigenvalue weighted by Crippen LogP contribution is -2.26. The van der Waals surface area contributed by atoms with Gasteiger partial charge in [-0.15, -0.1) is 0 Å². The summed E-state index contributed by atoms with van der Waals surface area (Å²) in [4.78, 5) is 2.59. The van der Waals surface area contributed by atoms with E-state index in [-0.39, 0.29) is 0 Å². The first-order valence-electron chi connectivity index (χ1n) is 6.26. The molecular formula is C14H20N2. The summed E-state index contributed by atoms with van der Waals surface area (Å²) in [6.45, 7) is 4.72. The van der Waals surface area contributed by atoms with E-state index in [4.69, 9.17) is 5.73 Å². The van der Waals surface area contributed by atoms with Gasteiger partial charge in [0.15, 0.2) is 0 Å². The molecule has 3 atom stereocenters. The summed E-state index contributed by atoms with van der Waals surface area (Å²) >= 11 is 0. The molecule has 0 bridgehead atoms. The van der Waals surface area contributed by atoms with Crippen molar-refractivity contribution in [2.24, 2.45) is 11.1 Å². The van der Waals surface area contributed by atoms with Gasteiger partial charge in [-0.1, -0.05) is 30.3 Å². The van der Waals surface area contributed by atoms with Gasteiger partial charge in [0.05, 0.1) is 0 Å². The van der Waals surface area contributed by atoms with E-state index in [1.165, 1.54) is 31.5 Å². The zero-order valence-electron chi connectivity index (χ0n) is 9.89. The lowest BCUT2D eigenvalue weighted by molar-refractivity contribution is 0.248. The standard InChI is InChI=1S/C14H20N2/c1-11(12-5-3-2-4-6-12)16-8-7-14(10-16)9-13(14)15/h2-6,11,13H,7-10,15H2,1H3/t11-,13+,14?/m1/s1. The Kier molecular flexibility index (Phi) is 2.30. The predicted octanol–water partition coefficient (Wildman–Crippen LogP) is 2.17. The largest absolute Gasteiger partial charge is 0.327 e. The van der Waals surface area contributed by atoms with E-state index < -0.39 is 0 Å². The molecule has 1 aliphatic carbocycles. The molecule has 1 spiro atoms. The van der Waals surface area contributed by atoms with Crippen LogP contribution in [0.5, 0.6) is 0 Å². The van der Waals surface area contributed by atoms with Gasteiger partial charge in [-0.2, -0.15) is 0 Å². The van der Waals surface area contributed by atoms with Gasteiger partial charge in [-0.05, 0) is 31.9 Å². The number of benzene rings is 1. The van der Waals surface area contributed by atoms with Crippen molar-refractivity contribution in [3.8, 4) is 0 Å². The van der Waals surface area contributed by atoms with Gasteiger partial charge in [-0.3, -0.25) is 4.90 Å². The monoisotopic (exact) mass is 216 g/mol. The third-order valence-electron chi connectivity index (χ3n) is 4.50. The van der Waals surface area contributed by atoms with Gasteiger partial charge < -0.3 is 5.73 Å². The van der Waals surface area contributed by atoms with Crippen LogP contribution in [0.1, 0.15) is 31.4 Å². The second-order valence-corrected chi connectivity index (χ2v) is 5.48. The van der Waals surface area contributed by atoms with Gasteiger partial charge in [0, 0.05) is 24.0 Å². The molecule has 2 nitrogen and oxygen atoms in total. The van der Waals surface area contributed by atoms with Crippen LogP contribution in [0.15, 0.2) is 30.3 Å². The third-order valence-corrected chi connectivity index (χ3v) is 4.50. The molecule has 1 aromatic rings. The van der Waals surface area contributed by atoms with Crippen LogP contribution in [0.25, 0.3) is 0 Å².